The molecule has 0 aliphatic carbocycles. The molecule has 0 saturated carbocycles. The Kier molecular flexibility index (Phi) is 5.16. The fraction of sp³-hybridized carbons (Fsp3) is 0.211. The van der Waals surface area contributed by atoms with Crippen LogP contribution in [0.2, 0.25) is 0 Å². The Morgan fingerprint density at radius 1 is 1.25 bits per heavy atom. The second-order valence-corrected chi connectivity index (χ2v) is 6.53. The monoisotopic (exact) mass is 385 g/mol. The van der Waals surface area contributed by atoms with Crippen LogP contribution in [0.15, 0.2) is 47.3 Å². The standard InChI is InChI=1S/C19H16FN3O5/c1-11(2)10-22-18(24)14-6-4-3-5-13(14)17(21-22)19(25)28-16-9-12(20)7-8-15(16)23(26)27/h3-9,11H,10H2,1-2H3. The van der Waals surface area contributed by atoms with Crippen LogP contribution >= 0.6 is 0 Å². The summed E-state index contributed by atoms with van der Waals surface area (Å²) in [5.74, 6) is -2.28. The molecular formula is C19H16FN3O5. The Hall–Kier alpha value is -3.62. The van der Waals surface area contributed by atoms with Crippen LogP contribution in [0.25, 0.3) is 10.8 Å². The van der Waals surface area contributed by atoms with E-state index in [0.717, 1.165) is 22.9 Å². The van der Waals surface area contributed by atoms with E-state index in [1.807, 2.05) is 13.8 Å². The molecule has 3 aromatic rings. The van der Waals surface area contributed by atoms with E-state index in [0.29, 0.717) is 0 Å². The summed E-state index contributed by atoms with van der Waals surface area (Å²) in [4.78, 5) is 35.6. The first kappa shape index (κ1) is 19.2. The molecule has 0 radical (unpaired) electrons. The number of nitro benzene ring substituents is 1. The Balaban J connectivity index is 2.12. The van der Waals surface area contributed by atoms with Gasteiger partial charge in [0.15, 0.2) is 5.69 Å². The van der Waals surface area contributed by atoms with E-state index in [-0.39, 0.29) is 34.5 Å². The summed E-state index contributed by atoms with van der Waals surface area (Å²) in [6.07, 6.45) is 0. The van der Waals surface area contributed by atoms with Crippen LogP contribution in [0, 0.1) is 21.8 Å². The summed E-state index contributed by atoms with van der Waals surface area (Å²) in [6.45, 7) is 4.04. The Bertz CT molecular complexity index is 1140. The summed E-state index contributed by atoms with van der Waals surface area (Å²) in [5, 5.41) is 15.7. The molecular weight excluding hydrogens is 369 g/mol. The lowest BCUT2D eigenvalue weighted by Crippen LogP contribution is -2.28. The van der Waals surface area contributed by atoms with Crippen molar-refractivity contribution in [1.29, 1.82) is 0 Å². The molecule has 0 fully saturated rings. The quantitative estimate of drug-likeness (QED) is 0.289. The summed E-state index contributed by atoms with van der Waals surface area (Å²) >= 11 is 0. The lowest BCUT2D eigenvalue weighted by Gasteiger charge is -2.12. The first-order valence-electron chi connectivity index (χ1n) is 8.44. The summed E-state index contributed by atoms with van der Waals surface area (Å²) in [6, 6.07) is 8.91. The zero-order valence-corrected chi connectivity index (χ0v) is 15.1. The van der Waals surface area contributed by atoms with Gasteiger partial charge in [0.25, 0.3) is 5.56 Å². The molecule has 28 heavy (non-hydrogen) atoms. The highest BCUT2D eigenvalue weighted by Crippen LogP contribution is 2.28. The third-order valence-corrected chi connectivity index (χ3v) is 3.92. The van der Waals surface area contributed by atoms with Gasteiger partial charge >= 0.3 is 11.7 Å². The van der Waals surface area contributed by atoms with Crippen molar-refractivity contribution in [1.82, 2.24) is 9.78 Å². The van der Waals surface area contributed by atoms with Crippen molar-refractivity contribution in [3.05, 3.63) is 74.4 Å². The number of benzene rings is 2. The van der Waals surface area contributed by atoms with Crippen molar-refractivity contribution in [2.45, 2.75) is 20.4 Å². The summed E-state index contributed by atoms with van der Waals surface area (Å²) in [7, 11) is 0. The lowest BCUT2D eigenvalue weighted by atomic mass is 10.1. The van der Waals surface area contributed by atoms with Gasteiger partial charge in [0.1, 0.15) is 5.82 Å². The van der Waals surface area contributed by atoms with Gasteiger partial charge in [-0.3, -0.25) is 14.9 Å². The van der Waals surface area contributed by atoms with Gasteiger partial charge in [-0.2, -0.15) is 5.10 Å². The SMILES string of the molecule is CC(C)Cn1nc(C(=O)Oc2cc(F)ccc2[N+](=O)[O-])c2ccccc2c1=O. The van der Waals surface area contributed by atoms with Gasteiger partial charge in [-0.25, -0.2) is 13.9 Å². The van der Waals surface area contributed by atoms with Crippen molar-refractivity contribution in [3.8, 4) is 5.75 Å². The van der Waals surface area contributed by atoms with E-state index in [9.17, 15) is 24.1 Å². The van der Waals surface area contributed by atoms with Crippen LogP contribution in [0.3, 0.4) is 0 Å². The van der Waals surface area contributed by atoms with Crippen LogP contribution < -0.4 is 10.3 Å². The van der Waals surface area contributed by atoms with Gasteiger partial charge in [-0.15, -0.1) is 0 Å². The van der Waals surface area contributed by atoms with Gasteiger partial charge in [0, 0.05) is 24.1 Å². The zero-order valence-electron chi connectivity index (χ0n) is 15.1. The number of halogens is 1. The molecule has 8 nitrogen and oxygen atoms in total. The minimum absolute atomic E-state index is 0.0829. The molecule has 3 rings (SSSR count). The van der Waals surface area contributed by atoms with Crippen molar-refractivity contribution in [2.24, 2.45) is 5.92 Å². The molecule has 2 aromatic carbocycles. The average Bonchev–Trinajstić information content (AvgIpc) is 2.63. The van der Waals surface area contributed by atoms with Crippen LogP contribution in [0.1, 0.15) is 24.3 Å². The molecule has 9 heteroatoms. The van der Waals surface area contributed by atoms with E-state index in [1.54, 1.807) is 18.2 Å². The minimum Gasteiger partial charge on any atom is -0.414 e. The largest absolute Gasteiger partial charge is 0.414 e. The number of carbonyl (C=O) groups excluding carboxylic acids is 1. The molecule has 0 saturated heterocycles. The Morgan fingerprint density at radius 2 is 1.93 bits per heavy atom. The van der Waals surface area contributed by atoms with E-state index >= 15 is 0 Å². The van der Waals surface area contributed by atoms with E-state index in [4.69, 9.17) is 4.74 Å². The smallest absolute Gasteiger partial charge is 0.365 e. The Labute approximate surface area is 158 Å². The van der Waals surface area contributed by atoms with Crippen LogP contribution in [0.5, 0.6) is 5.75 Å². The average molecular weight is 385 g/mol. The molecule has 1 aromatic heterocycles. The van der Waals surface area contributed by atoms with Crippen LogP contribution in [0.4, 0.5) is 10.1 Å². The maximum absolute atomic E-state index is 13.5. The number of ether oxygens (including phenoxy) is 1. The highest BCUT2D eigenvalue weighted by atomic mass is 19.1. The highest BCUT2D eigenvalue weighted by molar-refractivity contribution is 6.03. The fourth-order valence-corrected chi connectivity index (χ4v) is 2.72. The van der Waals surface area contributed by atoms with E-state index < -0.39 is 28.1 Å². The van der Waals surface area contributed by atoms with Crippen molar-refractivity contribution in [2.75, 3.05) is 0 Å². The molecule has 144 valence electrons. The van der Waals surface area contributed by atoms with Gasteiger partial charge in [-0.05, 0) is 18.1 Å². The number of rotatable bonds is 5. The number of nitrogens with zero attached hydrogens (tertiary/aromatic N) is 3. The predicted octanol–water partition coefficient (Wildman–Crippen LogP) is 3.32. The minimum atomic E-state index is -1.03. The van der Waals surface area contributed by atoms with Crippen LogP contribution in [-0.2, 0) is 6.54 Å². The fourth-order valence-electron chi connectivity index (χ4n) is 2.72. The third kappa shape index (κ3) is 3.73. The lowest BCUT2D eigenvalue weighted by molar-refractivity contribution is -0.385. The molecule has 1 heterocycles. The first-order chi connectivity index (χ1) is 13.3. The van der Waals surface area contributed by atoms with E-state index in [2.05, 4.69) is 5.10 Å². The highest BCUT2D eigenvalue weighted by Gasteiger charge is 2.23. The molecule has 0 aliphatic rings. The summed E-state index contributed by atoms with van der Waals surface area (Å²) in [5.41, 5.74) is -1.11. The first-order valence-corrected chi connectivity index (χ1v) is 8.44. The molecule has 0 spiro atoms. The zero-order chi connectivity index (χ0) is 20.4. The predicted molar refractivity (Wildman–Crippen MR) is 98.9 cm³/mol. The topological polar surface area (TPSA) is 104 Å². The molecule has 0 unspecified atom stereocenters. The van der Waals surface area contributed by atoms with E-state index in [1.165, 1.54) is 6.07 Å². The molecule has 0 amide bonds. The number of hydrogen-bond acceptors (Lipinski definition) is 6. The van der Waals surface area contributed by atoms with Gasteiger partial charge in [0.05, 0.1) is 10.3 Å². The second-order valence-electron chi connectivity index (χ2n) is 6.53. The number of hydrogen-bond donors (Lipinski definition) is 0. The number of esters is 1. The second kappa shape index (κ2) is 7.55. The van der Waals surface area contributed by atoms with Gasteiger partial charge in [0.2, 0.25) is 5.75 Å². The summed E-state index contributed by atoms with van der Waals surface area (Å²) < 4.78 is 19.7. The normalized spacial score (nSPS) is 11.0. The third-order valence-electron chi connectivity index (χ3n) is 3.92. The number of nitro groups is 1. The number of aromatic nitrogens is 2. The molecule has 0 bridgehead atoms. The molecule has 0 aliphatic heterocycles. The van der Waals surface area contributed by atoms with Crippen LogP contribution in [-0.4, -0.2) is 20.7 Å². The van der Waals surface area contributed by atoms with Crippen molar-refractivity contribution >= 4 is 22.4 Å². The number of fused-ring (bicyclic) bond motifs is 1. The molecule has 0 N–H and O–H groups in total. The maximum atomic E-state index is 13.5. The van der Waals surface area contributed by atoms with Gasteiger partial charge in [-0.1, -0.05) is 32.0 Å². The van der Waals surface area contributed by atoms with Gasteiger partial charge < -0.3 is 4.74 Å². The Morgan fingerprint density at radius 3 is 2.57 bits per heavy atom. The van der Waals surface area contributed by atoms with Crippen molar-refractivity contribution < 1.29 is 18.8 Å². The maximum Gasteiger partial charge on any atom is 0.365 e. The molecule has 0 atom stereocenters. The number of carbonyl (C=O) groups is 1. The van der Waals surface area contributed by atoms with Crippen molar-refractivity contribution in [3.63, 3.8) is 0 Å².